The zero-order valence-corrected chi connectivity index (χ0v) is 11.1. The maximum atomic E-state index is 12.1. The van der Waals surface area contributed by atoms with Crippen molar-refractivity contribution in [1.29, 1.82) is 0 Å². The lowest BCUT2D eigenvalue weighted by molar-refractivity contribution is 0.0884. The largest absolute Gasteiger partial charge is 0.485 e. The molecule has 2 heterocycles. The molecule has 0 spiro atoms. The highest BCUT2D eigenvalue weighted by Gasteiger charge is 2.31. The van der Waals surface area contributed by atoms with Gasteiger partial charge in [-0.1, -0.05) is 5.21 Å². The van der Waals surface area contributed by atoms with Crippen molar-refractivity contribution >= 4 is 5.91 Å². The predicted molar refractivity (Wildman–Crippen MR) is 69.1 cm³/mol. The second-order valence-electron chi connectivity index (χ2n) is 4.84. The van der Waals surface area contributed by atoms with Crippen LogP contribution in [0.2, 0.25) is 0 Å². The highest BCUT2D eigenvalue weighted by atomic mass is 16.5. The zero-order chi connectivity index (χ0) is 13.9. The molecule has 106 valence electrons. The molecule has 0 aliphatic heterocycles. The van der Waals surface area contributed by atoms with Crippen molar-refractivity contribution in [3.05, 3.63) is 24.3 Å². The van der Waals surface area contributed by atoms with Gasteiger partial charge in [-0.3, -0.25) is 9.89 Å². The minimum absolute atomic E-state index is 0.00713. The van der Waals surface area contributed by atoms with Gasteiger partial charge in [0, 0.05) is 7.05 Å². The minimum Gasteiger partial charge on any atom is -0.485 e. The molecule has 2 aromatic heterocycles. The Kier molecular flexibility index (Phi) is 3.36. The third-order valence-electron chi connectivity index (χ3n) is 3.48. The molecule has 1 amide bonds. The van der Waals surface area contributed by atoms with E-state index in [0.717, 1.165) is 19.3 Å². The van der Waals surface area contributed by atoms with Crippen LogP contribution in [0.5, 0.6) is 5.75 Å². The van der Waals surface area contributed by atoms with E-state index >= 15 is 0 Å². The molecule has 0 bridgehead atoms. The highest BCUT2D eigenvalue weighted by Crippen LogP contribution is 2.24. The average Bonchev–Trinajstić information content (AvgIpc) is 3.13. The number of nitrogens with one attached hydrogen (secondary N) is 2. The smallest absolute Gasteiger partial charge is 0.271 e. The van der Waals surface area contributed by atoms with Crippen molar-refractivity contribution in [3.63, 3.8) is 0 Å². The molecule has 0 aromatic carbocycles. The van der Waals surface area contributed by atoms with Crippen LogP contribution in [0.4, 0.5) is 0 Å². The molecule has 1 fully saturated rings. The lowest BCUT2D eigenvalue weighted by Crippen LogP contribution is -2.43. The first-order valence-electron chi connectivity index (χ1n) is 6.55. The van der Waals surface area contributed by atoms with Crippen LogP contribution >= 0.6 is 0 Å². The van der Waals surface area contributed by atoms with Crippen LogP contribution in [0, 0.1) is 0 Å². The van der Waals surface area contributed by atoms with Crippen LogP contribution in [0.3, 0.4) is 0 Å². The Morgan fingerprint density at radius 3 is 3.10 bits per heavy atom. The third kappa shape index (κ3) is 2.49. The lowest BCUT2D eigenvalue weighted by Gasteiger charge is -2.21. The van der Waals surface area contributed by atoms with E-state index in [2.05, 4.69) is 25.8 Å². The van der Waals surface area contributed by atoms with Crippen LogP contribution in [0.25, 0.3) is 0 Å². The molecule has 8 heteroatoms. The summed E-state index contributed by atoms with van der Waals surface area (Å²) >= 11 is 0. The Morgan fingerprint density at radius 2 is 2.40 bits per heavy atom. The number of hydrogen-bond donors (Lipinski definition) is 2. The number of ether oxygens (including phenoxy) is 1. The second kappa shape index (κ2) is 5.32. The van der Waals surface area contributed by atoms with E-state index < -0.39 is 0 Å². The number of nitrogens with zero attached hydrogens (tertiary/aromatic N) is 4. The quantitative estimate of drug-likeness (QED) is 0.835. The summed E-state index contributed by atoms with van der Waals surface area (Å²) in [6, 6.07) is -0.00713. The van der Waals surface area contributed by atoms with Gasteiger partial charge in [-0.2, -0.15) is 5.10 Å². The van der Waals surface area contributed by atoms with Crippen molar-refractivity contribution in [3.8, 4) is 5.75 Å². The van der Waals surface area contributed by atoms with E-state index in [0.29, 0.717) is 11.4 Å². The summed E-state index contributed by atoms with van der Waals surface area (Å²) in [6.45, 7) is 0. The van der Waals surface area contributed by atoms with Crippen LogP contribution in [0.15, 0.2) is 18.6 Å². The van der Waals surface area contributed by atoms with Gasteiger partial charge in [0.15, 0.2) is 5.75 Å². The molecule has 1 aliphatic rings. The van der Waals surface area contributed by atoms with Gasteiger partial charge in [-0.05, 0) is 19.3 Å². The van der Waals surface area contributed by atoms with Gasteiger partial charge in [0.05, 0.1) is 24.6 Å². The molecule has 1 saturated carbocycles. The van der Waals surface area contributed by atoms with Crippen molar-refractivity contribution in [1.82, 2.24) is 30.5 Å². The van der Waals surface area contributed by atoms with Crippen molar-refractivity contribution in [2.45, 2.75) is 31.4 Å². The number of H-pyrrole nitrogens is 1. The van der Waals surface area contributed by atoms with Crippen LogP contribution in [0.1, 0.15) is 29.8 Å². The zero-order valence-electron chi connectivity index (χ0n) is 11.1. The van der Waals surface area contributed by atoms with E-state index in [1.165, 1.54) is 10.9 Å². The van der Waals surface area contributed by atoms with Crippen molar-refractivity contribution in [2.24, 2.45) is 7.05 Å². The van der Waals surface area contributed by atoms with Gasteiger partial charge in [0.2, 0.25) is 0 Å². The molecule has 0 radical (unpaired) electrons. The number of rotatable bonds is 4. The molecule has 20 heavy (non-hydrogen) atoms. The van der Waals surface area contributed by atoms with Gasteiger partial charge in [-0.15, -0.1) is 5.10 Å². The number of carbonyl (C=O) groups excluding carboxylic acids is 1. The molecule has 3 rings (SSSR count). The lowest BCUT2D eigenvalue weighted by atomic mass is 10.2. The number of aryl methyl sites for hydroxylation is 1. The minimum atomic E-state index is -0.176. The fraction of sp³-hybridized carbons (Fsp3) is 0.500. The molecule has 2 aromatic rings. The van der Waals surface area contributed by atoms with Gasteiger partial charge in [-0.25, -0.2) is 4.68 Å². The van der Waals surface area contributed by atoms with Crippen LogP contribution in [-0.2, 0) is 7.05 Å². The molecule has 0 unspecified atom stereocenters. The van der Waals surface area contributed by atoms with E-state index in [4.69, 9.17) is 4.74 Å². The van der Waals surface area contributed by atoms with E-state index in [9.17, 15) is 4.79 Å². The van der Waals surface area contributed by atoms with Gasteiger partial charge in [0.25, 0.3) is 5.91 Å². The standard InChI is InChI=1S/C12H16N6O2/c1-18-10(7-15-17-18)12(19)16-9-3-2-4-11(9)20-8-5-13-14-6-8/h5-7,9,11H,2-4H2,1H3,(H,13,14)(H,16,19)/t9-,11+/m0/s1. The molecule has 0 saturated heterocycles. The van der Waals surface area contributed by atoms with E-state index in [1.54, 1.807) is 19.4 Å². The summed E-state index contributed by atoms with van der Waals surface area (Å²) < 4.78 is 7.28. The number of aromatic amines is 1. The Hall–Kier alpha value is -2.38. The van der Waals surface area contributed by atoms with E-state index in [1.807, 2.05) is 0 Å². The molecule has 1 aliphatic carbocycles. The fourth-order valence-electron chi connectivity index (χ4n) is 2.45. The average molecular weight is 276 g/mol. The van der Waals surface area contributed by atoms with Crippen LogP contribution in [-0.4, -0.2) is 43.2 Å². The number of hydrogen-bond acceptors (Lipinski definition) is 5. The maximum Gasteiger partial charge on any atom is 0.271 e. The van der Waals surface area contributed by atoms with Crippen molar-refractivity contribution in [2.75, 3.05) is 0 Å². The van der Waals surface area contributed by atoms with Crippen LogP contribution < -0.4 is 10.1 Å². The Balaban J connectivity index is 1.64. The molecule has 8 nitrogen and oxygen atoms in total. The predicted octanol–water partition coefficient (Wildman–Crippen LogP) is 0.268. The summed E-state index contributed by atoms with van der Waals surface area (Å²) in [5.74, 6) is 0.517. The number of carbonyl (C=O) groups is 1. The molecule has 2 atom stereocenters. The van der Waals surface area contributed by atoms with Crippen molar-refractivity contribution < 1.29 is 9.53 Å². The summed E-state index contributed by atoms with van der Waals surface area (Å²) in [6.07, 6.45) is 7.59. The molecular weight excluding hydrogens is 260 g/mol. The summed E-state index contributed by atoms with van der Waals surface area (Å²) in [5, 5.41) is 17.0. The SMILES string of the molecule is Cn1nncc1C(=O)N[C@H]1CCC[C@H]1Oc1cn[nH]c1. The van der Waals surface area contributed by atoms with Gasteiger partial charge < -0.3 is 10.1 Å². The summed E-state index contributed by atoms with van der Waals surface area (Å²) in [4.78, 5) is 12.1. The fourth-order valence-corrected chi connectivity index (χ4v) is 2.45. The molecule has 2 N–H and O–H groups in total. The summed E-state index contributed by atoms with van der Waals surface area (Å²) in [5.41, 5.74) is 0.443. The Morgan fingerprint density at radius 1 is 1.50 bits per heavy atom. The van der Waals surface area contributed by atoms with E-state index in [-0.39, 0.29) is 18.1 Å². The first kappa shape index (κ1) is 12.6. The maximum absolute atomic E-state index is 12.1. The Bertz CT molecular complexity index is 579. The summed E-state index contributed by atoms with van der Waals surface area (Å²) in [7, 11) is 1.69. The number of aromatic nitrogens is 5. The molecular formula is C12H16N6O2. The highest BCUT2D eigenvalue weighted by molar-refractivity contribution is 5.92. The van der Waals surface area contributed by atoms with Gasteiger partial charge in [0.1, 0.15) is 11.8 Å². The van der Waals surface area contributed by atoms with Gasteiger partial charge >= 0.3 is 0 Å². The normalized spacial score (nSPS) is 21.9. The topological polar surface area (TPSA) is 97.7 Å². The second-order valence-corrected chi connectivity index (χ2v) is 4.84. The Labute approximate surface area is 115 Å². The number of amides is 1. The first-order valence-corrected chi connectivity index (χ1v) is 6.55. The monoisotopic (exact) mass is 276 g/mol. The first-order chi connectivity index (χ1) is 9.74. The third-order valence-corrected chi connectivity index (χ3v) is 3.48.